The van der Waals surface area contributed by atoms with E-state index < -0.39 is 0 Å². The average Bonchev–Trinajstić information content (AvgIpc) is 2.97. The van der Waals surface area contributed by atoms with Gasteiger partial charge in [0.25, 0.3) is 0 Å². The molecule has 1 N–H and O–H groups in total. The van der Waals surface area contributed by atoms with Crippen LogP contribution in [0.1, 0.15) is 11.1 Å². The summed E-state index contributed by atoms with van der Waals surface area (Å²) in [7, 11) is 0. The molecule has 0 saturated heterocycles. The van der Waals surface area contributed by atoms with E-state index in [0.29, 0.717) is 0 Å². The van der Waals surface area contributed by atoms with E-state index in [1.807, 2.05) is 0 Å². The summed E-state index contributed by atoms with van der Waals surface area (Å²) in [5.74, 6) is 0. The molecule has 0 aliphatic heterocycles. The molecule has 0 heterocycles. The van der Waals surface area contributed by atoms with Crippen molar-refractivity contribution in [2.75, 3.05) is 10.2 Å². The van der Waals surface area contributed by atoms with Crippen molar-refractivity contribution in [2.45, 2.75) is 6.42 Å². The molecule has 0 radical (unpaired) electrons. The van der Waals surface area contributed by atoms with Gasteiger partial charge in [-0.1, -0.05) is 97.1 Å². The molecule has 0 bridgehead atoms. The van der Waals surface area contributed by atoms with Gasteiger partial charge in [0.05, 0.1) is 0 Å². The summed E-state index contributed by atoms with van der Waals surface area (Å²) in [6.07, 6.45) is 0.894. The Hall–Kier alpha value is -4.82. The highest BCUT2D eigenvalue weighted by atomic mass is 15.1. The average molecular weight is 477 g/mol. The highest BCUT2D eigenvalue weighted by molar-refractivity contribution is 5.95. The Bertz CT molecular complexity index is 1540. The largest absolute Gasteiger partial charge is 0.355 e. The van der Waals surface area contributed by atoms with Gasteiger partial charge in [0.1, 0.15) is 0 Å². The molecule has 0 aliphatic carbocycles. The van der Waals surface area contributed by atoms with Gasteiger partial charge in [0.2, 0.25) is 0 Å². The third-order valence-corrected chi connectivity index (χ3v) is 6.65. The minimum atomic E-state index is 0.894. The minimum Gasteiger partial charge on any atom is -0.355 e. The van der Waals surface area contributed by atoms with Crippen molar-refractivity contribution in [3.05, 3.63) is 163 Å². The first-order valence-corrected chi connectivity index (χ1v) is 12.7. The summed E-state index contributed by atoms with van der Waals surface area (Å²) in [4.78, 5) is 2.29. The summed E-state index contributed by atoms with van der Waals surface area (Å²) in [5.41, 5.74) is 8.25. The molecule has 6 rings (SSSR count). The van der Waals surface area contributed by atoms with Crippen LogP contribution in [0.15, 0.2) is 152 Å². The zero-order valence-electron chi connectivity index (χ0n) is 20.6. The maximum atomic E-state index is 3.58. The van der Waals surface area contributed by atoms with Gasteiger partial charge in [-0.25, -0.2) is 0 Å². The van der Waals surface area contributed by atoms with E-state index in [2.05, 4.69) is 162 Å². The van der Waals surface area contributed by atoms with Crippen molar-refractivity contribution in [1.29, 1.82) is 0 Å². The van der Waals surface area contributed by atoms with Gasteiger partial charge in [-0.2, -0.15) is 0 Å². The van der Waals surface area contributed by atoms with Gasteiger partial charge in [0.15, 0.2) is 0 Å². The molecular formula is C35H28N2. The summed E-state index contributed by atoms with van der Waals surface area (Å²) >= 11 is 0. The van der Waals surface area contributed by atoms with Crippen LogP contribution in [0.4, 0.5) is 28.4 Å². The molecule has 0 spiro atoms. The molecule has 0 aliphatic rings. The van der Waals surface area contributed by atoms with E-state index in [1.165, 1.54) is 21.9 Å². The first-order valence-electron chi connectivity index (χ1n) is 12.7. The predicted octanol–water partition coefficient (Wildman–Crippen LogP) is 9.64. The number of hydrogen-bond donors (Lipinski definition) is 1. The van der Waals surface area contributed by atoms with Gasteiger partial charge in [-0.05, 0) is 77.5 Å². The van der Waals surface area contributed by atoms with Crippen molar-refractivity contribution >= 4 is 39.2 Å². The number of anilines is 5. The van der Waals surface area contributed by atoms with Crippen molar-refractivity contribution in [1.82, 2.24) is 0 Å². The van der Waals surface area contributed by atoms with Crippen LogP contribution >= 0.6 is 0 Å². The Labute approximate surface area is 218 Å². The monoisotopic (exact) mass is 476 g/mol. The zero-order chi connectivity index (χ0) is 24.9. The number of nitrogens with one attached hydrogen (secondary N) is 1. The lowest BCUT2D eigenvalue weighted by Crippen LogP contribution is -2.09. The number of nitrogens with zero attached hydrogens (tertiary/aromatic N) is 1. The Kier molecular flexibility index (Phi) is 6.38. The molecule has 2 nitrogen and oxygen atoms in total. The zero-order valence-corrected chi connectivity index (χ0v) is 20.6. The molecule has 178 valence electrons. The van der Waals surface area contributed by atoms with Crippen LogP contribution in [0, 0.1) is 0 Å². The highest BCUT2D eigenvalue weighted by Gasteiger charge is 2.11. The maximum absolute atomic E-state index is 3.58. The van der Waals surface area contributed by atoms with Gasteiger partial charge >= 0.3 is 0 Å². The number of hydrogen-bond acceptors (Lipinski definition) is 2. The van der Waals surface area contributed by atoms with Crippen LogP contribution in [-0.2, 0) is 6.42 Å². The second-order valence-corrected chi connectivity index (χ2v) is 9.20. The Morgan fingerprint density at radius 1 is 0.432 bits per heavy atom. The van der Waals surface area contributed by atoms with E-state index in [-0.39, 0.29) is 0 Å². The third-order valence-electron chi connectivity index (χ3n) is 6.65. The lowest BCUT2D eigenvalue weighted by molar-refractivity contribution is 1.18. The standard InChI is InChI=1S/C35H28N2/c1-3-12-31(13-4-1)37(32-14-5-2-6-15-32)33-24-20-28(21-25-33)26-27-18-22-30(23-19-27)36-35-17-9-11-29-10-7-8-16-34(29)35/h1-25,36H,26H2. The quantitative estimate of drug-likeness (QED) is 0.247. The van der Waals surface area contributed by atoms with Gasteiger partial charge in [-0.15, -0.1) is 0 Å². The van der Waals surface area contributed by atoms with Gasteiger partial charge in [-0.3, -0.25) is 0 Å². The Balaban J connectivity index is 1.19. The molecule has 0 atom stereocenters. The second-order valence-electron chi connectivity index (χ2n) is 9.20. The lowest BCUT2D eigenvalue weighted by Gasteiger charge is -2.25. The molecule has 37 heavy (non-hydrogen) atoms. The highest BCUT2D eigenvalue weighted by Crippen LogP contribution is 2.34. The van der Waals surface area contributed by atoms with Crippen LogP contribution in [0.5, 0.6) is 0 Å². The molecule has 6 aromatic carbocycles. The first kappa shape index (κ1) is 22.6. The van der Waals surface area contributed by atoms with E-state index in [9.17, 15) is 0 Å². The fraction of sp³-hybridized carbons (Fsp3) is 0.0286. The number of para-hydroxylation sites is 2. The smallest absolute Gasteiger partial charge is 0.0463 e. The number of rotatable bonds is 7. The van der Waals surface area contributed by atoms with Gasteiger partial charge < -0.3 is 10.2 Å². The summed E-state index contributed by atoms with van der Waals surface area (Å²) in [6, 6.07) is 53.5. The van der Waals surface area contributed by atoms with Crippen LogP contribution < -0.4 is 10.2 Å². The Morgan fingerprint density at radius 3 is 1.59 bits per heavy atom. The van der Waals surface area contributed by atoms with E-state index in [1.54, 1.807) is 0 Å². The van der Waals surface area contributed by atoms with E-state index in [0.717, 1.165) is 34.9 Å². The molecule has 0 fully saturated rings. The molecule has 6 aromatic rings. The molecule has 0 unspecified atom stereocenters. The summed E-state index contributed by atoms with van der Waals surface area (Å²) in [5, 5.41) is 6.06. The fourth-order valence-electron chi connectivity index (χ4n) is 4.80. The second kappa shape index (κ2) is 10.4. The maximum Gasteiger partial charge on any atom is 0.0463 e. The predicted molar refractivity (Wildman–Crippen MR) is 158 cm³/mol. The van der Waals surface area contributed by atoms with E-state index >= 15 is 0 Å². The van der Waals surface area contributed by atoms with Crippen LogP contribution in [0.25, 0.3) is 10.8 Å². The van der Waals surface area contributed by atoms with Gasteiger partial charge in [0, 0.05) is 33.8 Å². The van der Waals surface area contributed by atoms with E-state index in [4.69, 9.17) is 0 Å². The molecular weight excluding hydrogens is 448 g/mol. The molecule has 2 heteroatoms. The van der Waals surface area contributed by atoms with Crippen molar-refractivity contribution in [3.8, 4) is 0 Å². The van der Waals surface area contributed by atoms with Crippen LogP contribution in [0.2, 0.25) is 0 Å². The van der Waals surface area contributed by atoms with Crippen molar-refractivity contribution in [2.24, 2.45) is 0 Å². The molecule has 0 amide bonds. The number of benzene rings is 6. The fourth-order valence-corrected chi connectivity index (χ4v) is 4.80. The van der Waals surface area contributed by atoms with Crippen LogP contribution in [0.3, 0.4) is 0 Å². The molecule has 0 saturated carbocycles. The lowest BCUT2D eigenvalue weighted by atomic mass is 10.0. The van der Waals surface area contributed by atoms with Crippen molar-refractivity contribution in [3.63, 3.8) is 0 Å². The Morgan fingerprint density at radius 2 is 0.946 bits per heavy atom. The third kappa shape index (κ3) is 5.10. The first-order chi connectivity index (χ1) is 18.3. The summed E-state index contributed by atoms with van der Waals surface area (Å²) in [6.45, 7) is 0. The summed E-state index contributed by atoms with van der Waals surface area (Å²) < 4.78 is 0. The molecule has 0 aromatic heterocycles. The normalized spacial score (nSPS) is 10.8. The van der Waals surface area contributed by atoms with Crippen LogP contribution in [-0.4, -0.2) is 0 Å². The minimum absolute atomic E-state index is 0.894. The van der Waals surface area contributed by atoms with Crippen molar-refractivity contribution < 1.29 is 0 Å². The number of fused-ring (bicyclic) bond motifs is 1. The topological polar surface area (TPSA) is 15.3 Å². The SMILES string of the molecule is c1ccc(N(c2ccccc2)c2ccc(Cc3ccc(Nc4cccc5ccccc45)cc3)cc2)cc1.